The zero-order valence-corrected chi connectivity index (χ0v) is 19.3. The Hall–Kier alpha value is -2.55. The number of fused-ring (bicyclic) bond motifs is 1. The highest BCUT2D eigenvalue weighted by atomic mass is 16.5. The van der Waals surface area contributed by atoms with Crippen LogP contribution in [-0.4, -0.2) is 18.2 Å². The number of benzene rings is 2. The fourth-order valence-corrected chi connectivity index (χ4v) is 4.75. The molecule has 1 aliphatic rings. The summed E-state index contributed by atoms with van der Waals surface area (Å²) in [5.41, 5.74) is 7.82. The summed E-state index contributed by atoms with van der Waals surface area (Å²) < 4.78 is 6.11. The summed E-state index contributed by atoms with van der Waals surface area (Å²) in [6.45, 7) is 13.6. The molecule has 0 atom stereocenters. The summed E-state index contributed by atoms with van der Waals surface area (Å²) in [6.07, 6.45) is 5.32. The van der Waals surface area contributed by atoms with Crippen LogP contribution in [0.5, 0.6) is 5.75 Å². The van der Waals surface area contributed by atoms with E-state index in [2.05, 4.69) is 53.7 Å². The Labute approximate surface area is 180 Å². The van der Waals surface area contributed by atoms with E-state index in [9.17, 15) is 4.79 Å². The number of ether oxygens (including phenoxy) is 1. The summed E-state index contributed by atoms with van der Waals surface area (Å²) in [4.78, 5) is 11.2. The molecule has 0 saturated carbocycles. The van der Waals surface area contributed by atoms with Crippen molar-refractivity contribution >= 4 is 17.6 Å². The SMILES string of the molecule is CCC(=Cc1ccc(C(=O)O)cc1)c1c(C)cc2c(c1OC)C(C)(C)CCC2(C)C. The second-order valence-electron chi connectivity index (χ2n) is 9.74. The number of methoxy groups -OCH3 is 1. The van der Waals surface area contributed by atoms with Gasteiger partial charge in [-0.3, -0.25) is 0 Å². The zero-order chi connectivity index (χ0) is 22.3. The van der Waals surface area contributed by atoms with Gasteiger partial charge in [-0.1, -0.05) is 58.9 Å². The van der Waals surface area contributed by atoms with Gasteiger partial charge in [0, 0.05) is 11.1 Å². The predicted octanol–water partition coefficient (Wildman–Crippen LogP) is 7.00. The Balaban J connectivity index is 2.23. The van der Waals surface area contributed by atoms with Crippen molar-refractivity contribution < 1.29 is 14.6 Å². The quantitative estimate of drug-likeness (QED) is 0.544. The third-order valence-electron chi connectivity index (χ3n) is 6.66. The third kappa shape index (κ3) is 3.90. The number of rotatable bonds is 5. The predicted molar refractivity (Wildman–Crippen MR) is 125 cm³/mol. The summed E-state index contributed by atoms with van der Waals surface area (Å²) in [7, 11) is 1.78. The molecule has 3 heteroatoms. The largest absolute Gasteiger partial charge is 0.496 e. The average molecular weight is 407 g/mol. The number of allylic oxidation sites excluding steroid dienone is 1. The van der Waals surface area contributed by atoms with E-state index in [0.29, 0.717) is 5.56 Å². The first kappa shape index (κ1) is 22.1. The molecule has 0 amide bonds. The smallest absolute Gasteiger partial charge is 0.335 e. The average Bonchev–Trinajstić information content (AvgIpc) is 2.69. The molecule has 1 N–H and O–H groups in total. The Kier molecular flexibility index (Phi) is 5.86. The maximum Gasteiger partial charge on any atom is 0.335 e. The Morgan fingerprint density at radius 1 is 1.10 bits per heavy atom. The van der Waals surface area contributed by atoms with Crippen molar-refractivity contribution in [2.75, 3.05) is 7.11 Å². The topological polar surface area (TPSA) is 46.5 Å². The van der Waals surface area contributed by atoms with Gasteiger partial charge in [-0.05, 0) is 71.4 Å². The van der Waals surface area contributed by atoms with Crippen LogP contribution < -0.4 is 4.74 Å². The summed E-state index contributed by atoms with van der Waals surface area (Å²) in [6, 6.07) is 9.41. The number of carboxylic acid groups (broad SMARTS) is 1. The molecule has 0 fully saturated rings. The molecule has 30 heavy (non-hydrogen) atoms. The highest BCUT2D eigenvalue weighted by Gasteiger charge is 2.40. The lowest BCUT2D eigenvalue weighted by Crippen LogP contribution is -2.34. The lowest BCUT2D eigenvalue weighted by atomic mass is 9.62. The van der Waals surface area contributed by atoms with Gasteiger partial charge in [0.25, 0.3) is 0 Å². The molecule has 0 saturated heterocycles. The van der Waals surface area contributed by atoms with E-state index in [1.54, 1.807) is 19.2 Å². The minimum atomic E-state index is -0.904. The van der Waals surface area contributed by atoms with Crippen molar-refractivity contribution in [1.29, 1.82) is 0 Å². The Morgan fingerprint density at radius 2 is 1.70 bits per heavy atom. The van der Waals surface area contributed by atoms with E-state index in [1.807, 2.05) is 12.1 Å². The highest BCUT2D eigenvalue weighted by Crippen LogP contribution is 2.52. The van der Waals surface area contributed by atoms with Gasteiger partial charge >= 0.3 is 5.97 Å². The fourth-order valence-electron chi connectivity index (χ4n) is 4.75. The second kappa shape index (κ2) is 7.94. The fraction of sp³-hybridized carbons (Fsp3) is 0.444. The minimum Gasteiger partial charge on any atom is -0.496 e. The number of hydrogen-bond donors (Lipinski definition) is 1. The van der Waals surface area contributed by atoms with E-state index >= 15 is 0 Å². The second-order valence-corrected chi connectivity index (χ2v) is 9.74. The van der Waals surface area contributed by atoms with Gasteiger partial charge in [-0.2, -0.15) is 0 Å². The van der Waals surface area contributed by atoms with E-state index in [1.165, 1.54) is 34.2 Å². The monoisotopic (exact) mass is 406 g/mol. The number of aryl methyl sites for hydroxylation is 1. The molecule has 3 nitrogen and oxygen atoms in total. The van der Waals surface area contributed by atoms with Crippen LogP contribution in [0.4, 0.5) is 0 Å². The Bertz CT molecular complexity index is 992. The van der Waals surface area contributed by atoms with Crippen LogP contribution in [0.15, 0.2) is 30.3 Å². The molecule has 160 valence electrons. The van der Waals surface area contributed by atoms with Crippen LogP contribution in [0.3, 0.4) is 0 Å². The van der Waals surface area contributed by atoms with E-state index < -0.39 is 5.97 Å². The molecule has 0 aromatic heterocycles. The lowest BCUT2D eigenvalue weighted by molar-refractivity contribution is 0.0697. The molecule has 0 bridgehead atoms. The molecular weight excluding hydrogens is 372 g/mol. The third-order valence-corrected chi connectivity index (χ3v) is 6.66. The van der Waals surface area contributed by atoms with Gasteiger partial charge in [-0.25, -0.2) is 4.79 Å². The first-order valence-electron chi connectivity index (χ1n) is 10.8. The van der Waals surface area contributed by atoms with Crippen LogP contribution in [0, 0.1) is 6.92 Å². The van der Waals surface area contributed by atoms with Crippen LogP contribution in [0.2, 0.25) is 0 Å². The van der Waals surface area contributed by atoms with Gasteiger partial charge < -0.3 is 9.84 Å². The van der Waals surface area contributed by atoms with Gasteiger partial charge in [0.05, 0.1) is 12.7 Å². The highest BCUT2D eigenvalue weighted by molar-refractivity contribution is 5.89. The molecule has 0 aliphatic heterocycles. The molecule has 2 aromatic rings. The van der Waals surface area contributed by atoms with Crippen LogP contribution in [0.25, 0.3) is 11.6 Å². The molecule has 0 unspecified atom stereocenters. The molecule has 0 heterocycles. The standard InChI is InChI=1S/C27H34O3/c1-8-19(16-18-9-11-20(12-10-18)25(28)29)22-17(2)15-21-23(24(22)30-7)27(5,6)14-13-26(21,3)4/h9-12,15-16H,8,13-14H2,1-7H3,(H,28,29). The zero-order valence-electron chi connectivity index (χ0n) is 19.3. The molecule has 2 aromatic carbocycles. The molecule has 1 aliphatic carbocycles. The van der Waals surface area contributed by atoms with Crippen molar-refractivity contribution in [3.8, 4) is 5.75 Å². The Morgan fingerprint density at radius 3 is 2.23 bits per heavy atom. The van der Waals surface area contributed by atoms with Crippen molar-refractivity contribution in [3.05, 3.63) is 63.7 Å². The summed E-state index contributed by atoms with van der Waals surface area (Å²) in [5, 5.41) is 9.16. The number of hydrogen-bond acceptors (Lipinski definition) is 2. The summed E-state index contributed by atoms with van der Waals surface area (Å²) in [5.74, 6) is 0.0938. The van der Waals surface area contributed by atoms with Gasteiger partial charge in [0.15, 0.2) is 0 Å². The van der Waals surface area contributed by atoms with Crippen LogP contribution in [0.1, 0.15) is 92.1 Å². The van der Waals surface area contributed by atoms with Crippen LogP contribution >= 0.6 is 0 Å². The number of carbonyl (C=O) groups is 1. The molecule has 0 radical (unpaired) electrons. The minimum absolute atomic E-state index is 0.0562. The van der Waals surface area contributed by atoms with E-state index in [-0.39, 0.29) is 10.8 Å². The first-order valence-corrected chi connectivity index (χ1v) is 10.8. The lowest BCUT2D eigenvalue weighted by Gasteiger charge is -2.43. The van der Waals surface area contributed by atoms with Crippen molar-refractivity contribution in [3.63, 3.8) is 0 Å². The van der Waals surface area contributed by atoms with Gasteiger partial charge in [-0.15, -0.1) is 0 Å². The number of carboxylic acids is 1. The van der Waals surface area contributed by atoms with E-state index in [0.717, 1.165) is 24.2 Å². The summed E-state index contributed by atoms with van der Waals surface area (Å²) >= 11 is 0. The molecule has 3 rings (SSSR count). The maximum atomic E-state index is 11.2. The van der Waals surface area contributed by atoms with Crippen molar-refractivity contribution in [1.82, 2.24) is 0 Å². The first-order chi connectivity index (χ1) is 14.0. The van der Waals surface area contributed by atoms with Crippen LogP contribution in [-0.2, 0) is 10.8 Å². The van der Waals surface area contributed by atoms with Gasteiger partial charge in [0.1, 0.15) is 5.75 Å². The number of aromatic carboxylic acids is 1. The molecular formula is C27H34O3. The molecule has 0 spiro atoms. The van der Waals surface area contributed by atoms with E-state index in [4.69, 9.17) is 9.84 Å². The van der Waals surface area contributed by atoms with Gasteiger partial charge in [0.2, 0.25) is 0 Å². The maximum absolute atomic E-state index is 11.2. The van der Waals surface area contributed by atoms with Crippen molar-refractivity contribution in [2.24, 2.45) is 0 Å². The van der Waals surface area contributed by atoms with Crippen molar-refractivity contribution in [2.45, 2.75) is 71.6 Å². The normalized spacial score (nSPS) is 17.4.